The first-order valence-electron chi connectivity index (χ1n) is 22.6. The minimum atomic E-state index is -4.94. The number of nitrogens with zero attached hydrogens (tertiary/aromatic N) is 3. The van der Waals surface area contributed by atoms with Crippen LogP contribution in [0.3, 0.4) is 0 Å². The maximum atomic E-state index is 15.0. The van der Waals surface area contributed by atoms with Crippen molar-refractivity contribution >= 4 is 44.7 Å². The number of fused-ring (bicyclic) bond motifs is 3. The van der Waals surface area contributed by atoms with E-state index in [0.717, 1.165) is 0 Å². The minimum Gasteiger partial charge on any atom is -0.497 e. The number of rotatable bonds is 11. The fourth-order valence-electron chi connectivity index (χ4n) is 8.58. The van der Waals surface area contributed by atoms with Gasteiger partial charge >= 0.3 is 12.3 Å². The van der Waals surface area contributed by atoms with Crippen molar-refractivity contribution < 1.29 is 59.7 Å². The van der Waals surface area contributed by atoms with Gasteiger partial charge in [-0.05, 0) is 121 Å². The number of methoxy groups -OCH3 is 1. The van der Waals surface area contributed by atoms with Crippen LogP contribution in [0.1, 0.15) is 93.4 Å². The van der Waals surface area contributed by atoms with Crippen molar-refractivity contribution in [2.24, 2.45) is 17.8 Å². The third-order valence-corrected chi connectivity index (χ3v) is 15.3. The number of carbonyl (C=O) groups is 4. The molecular formula is C47H59F3N6O10S. The van der Waals surface area contributed by atoms with E-state index in [2.05, 4.69) is 15.4 Å². The van der Waals surface area contributed by atoms with E-state index in [4.69, 9.17) is 28.9 Å². The Morgan fingerprint density at radius 1 is 1.00 bits per heavy atom. The third-order valence-electron chi connectivity index (χ3n) is 13.2. The SMILES string of the molecule is COc1ccc2c(O[C@@H]3C[C@H]4C(=O)N[C@]5(C(=O)NS(=O)(=O)C6(C)CC6)C[C@H]5C=CCC[C@@H](C)C[C@@H](C)[C@H](NC(=O)OC(C)(C)C(F)(F)F)C(=O)N4C3)nc(-c3ccc(OC(C)C)cc3)nc2c1. The molecule has 3 aromatic rings. The van der Waals surface area contributed by atoms with Crippen molar-refractivity contribution in [3.8, 4) is 28.8 Å². The fourth-order valence-corrected chi connectivity index (χ4v) is 9.89. The molecule has 1 aromatic heterocycles. The molecule has 0 unspecified atom stereocenters. The molecule has 16 nitrogen and oxygen atoms in total. The largest absolute Gasteiger partial charge is 0.497 e. The van der Waals surface area contributed by atoms with E-state index >= 15 is 4.79 Å². The number of aromatic nitrogens is 2. The van der Waals surface area contributed by atoms with Gasteiger partial charge in [0.15, 0.2) is 5.82 Å². The molecule has 3 heterocycles. The molecule has 1 saturated heterocycles. The highest BCUT2D eigenvalue weighted by molar-refractivity contribution is 7.91. The molecule has 2 saturated carbocycles. The van der Waals surface area contributed by atoms with Crippen molar-refractivity contribution in [2.45, 2.75) is 140 Å². The first-order valence-corrected chi connectivity index (χ1v) is 24.1. The van der Waals surface area contributed by atoms with Crippen LogP contribution >= 0.6 is 0 Å². The third kappa shape index (κ3) is 10.6. The van der Waals surface area contributed by atoms with Gasteiger partial charge < -0.3 is 34.5 Å². The summed E-state index contributed by atoms with van der Waals surface area (Å²) in [6.07, 6.45) is -1.72. The lowest BCUT2D eigenvalue weighted by atomic mass is 9.88. The lowest BCUT2D eigenvalue weighted by Gasteiger charge is -2.34. The summed E-state index contributed by atoms with van der Waals surface area (Å²) in [6.45, 7) is 10.1. The van der Waals surface area contributed by atoms with Crippen LogP contribution in [0.2, 0.25) is 0 Å². The lowest BCUT2D eigenvalue weighted by molar-refractivity contribution is -0.244. The molecule has 67 heavy (non-hydrogen) atoms. The summed E-state index contributed by atoms with van der Waals surface area (Å²) in [4.78, 5) is 68.0. The molecule has 2 aliphatic heterocycles. The molecule has 4 amide bonds. The summed E-state index contributed by atoms with van der Waals surface area (Å²) < 4.78 is 92.2. The molecule has 2 aliphatic carbocycles. The van der Waals surface area contributed by atoms with E-state index < -0.39 is 85.9 Å². The van der Waals surface area contributed by atoms with Gasteiger partial charge in [-0.3, -0.25) is 19.1 Å². The average molecular weight is 957 g/mol. The molecule has 0 radical (unpaired) electrons. The lowest BCUT2D eigenvalue weighted by Crippen LogP contribution is -2.59. The Balaban J connectivity index is 1.26. The predicted molar refractivity (Wildman–Crippen MR) is 240 cm³/mol. The van der Waals surface area contributed by atoms with Crippen LogP contribution in [0.4, 0.5) is 18.0 Å². The van der Waals surface area contributed by atoms with Crippen LogP contribution in [0.15, 0.2) is 54.6 Å². The molecule has 20 heteroatoms. The van der Waals surface area contributed by atoms with Crippen molar-refractivity contribution in [3.05, 3.63) is 54.6 Å². The monoisotopic (exact) mass is 956 g/mol. The highest BCUT2D eigenvalue weighted by atomic mass is 32.2. The molecule has 3 N–H and O–H groups in total. The van der Waals surface area contributed by atoms with Crippen molar-refractivity contribution in [3.63, 3.8) is 0 Å². The Morgan fingerprint density at radius 3 is 2.33 bits per heavy atom. The van der Waals surface area contributed by atoms with E-state index in [1.165, 1.54) is 18.9 Å². The second-order valence-corrected chi connectivity index (χ2v) is 21.6. The molecule has 3 fully saturated rings. The maximum Gasteiger partial charge on any atom is 0.427 e. The highest BCUT2D eigenvalue weighted by Crippen LogP contribution is 2.48. The van der Waals surface area contributed by atoms with Crippen LogP contribution in [0.5, 0.6) is 17.4 Å². The number of hydrogen-bond acceptors (Lipinski definition) is 12. The van der Waals surface area contributed by atoms with E-state index in [1.807, 2.05) is 26.8 Å². The van der Waals surface area contributed by atoms with Gasteiger partial charge in [0, 0.05) is 24.0 Å². The molecular weight excluding hydrogens is 898 g/mol. The van der Waals surface area contributed by atoms with Crippen LogP contribution in [0, 0.1) is 17.8 Å². The van der Waals surface area contributed by atoms with Crippen LogP contribution < -0.4 is 29.6 Å². The van der Waals surface area contributed by atoms with Gasteiger partial charge in [-0.15, -0.1) is 0 Å². The maximum absolute atomic E-state index is 15.0. The van der Waals surface area contributed by atoms with Crippen molar-refractivity contribution in [2.75, 3.05) is 13.7 Å². The van der Waals surface area contributed by atoms with E-state index in [1.54, 1.807) is 55.5 Å². The number of ether oxygens (including phenoxy) is 4. The summed E-state index contributed by atoms with van der Waals surface area (Å²) in [7, 11) is -2.61. The molecule has 0 spiro atoms. The van der Waals surface area contributed by atoms with Crippen LogP contribution in [-0.4, -0.2) is 107 Å². The molecule has 364 valence electrons. The topological polar surface area (TPSA) is 204 Å². The smallest absolute Gasteiger partial charge is 0.427 e. The highest BCUT2D eigenvalue weighted by Gasteiger charge is 2.63. The normalized spacial score (nSPS) is 26.6. The zero-order valence-corrected chi connectivity index (χ0v) is 39.7. The Kier molecular flexibility index (Phi) is 13.6. The minimum absolute atomic E-state index is 0.0599. The van der Waals surface area contributed by atoms with Gasteiger partial charge in [0.25, 0.3) is 5.91 Å². The summed E-state index contributed by atoms with van der Waals surface area (Å²) >= 11 is 0. The first kappa shape index (κ1) is 49.3. The number of benzene rings is 2. The summed E-state index contributed by atoms with van der Waals surface area (Å²) in [5, 5.41) is 5.69. The zero-order chi connectivity index (χ0) is 48.9. The van der Waals surface area contributed by atoms with Crippen molar-refractivity contribution in [1.29, 1.82) is 0 Å². The van der Waals surface area contributed by atoms with E-state index in [9.17, 15) is 36.0 Å². The Hall–Kier alpha value is -5.66. The molecule has 7 atom stereocenters. The van der Waals surface area contributed by atoms with E-state index in [-0.39, 0.29) is 43.1 Å². The van der Waals surface area contributed by atoms with Crippen LogP contribution in [0.25, 0.3) is 22.3 Å². The number of amides is 4. The number of alkyl carbamates (subject to hydrolysis) is 1. The van der Waals surface area contributed by atoms with Gasteiger partial charge in [0.1, 0.15) is 35.2 Å². The number of allylic oxidation sites excluding steroid dienone is 1. The second-order valence-electron chi connectivity index (χ2n) is 19.4. The molecule has 4 aliphatic rings. The fraction of sp³-hybridized carbons (Fsp3) is 0.574. The zero-order valence-electron chi connectivity index (χ0n) is 38.9. The van der Waals surface area contributed by atoms with Gasteiger partial charge in [-0.1, -0.05) is 26.0 Å². The predicted octanol–water partition coefficient (Wildman–Crippen LogP) is 6.76. The molecule has 2 aromatic carbocycles. The van der Waals surface area contributed by atoms with Crippen molar-refractivity contribution in [1.82, 2.24) is 30.2 Å². The quantitative estimate of drug-likeness (QED) is 0.171. The average Bonchev–Trinajstić information content (AvgIpc) is 4.13. The number of nitrogens with one attached hydrogen (secondary N) is 3. The molecule has 0 bridgehead atoms. The summed E-state index contributed by atoms with van der Waals surface area (Å²) in [5.41, 5.74) is -3.53. The van der Waals surface area contributed by atoms with Gasteiger partial charge in [-0.2, -0.15) is 18.2 Å². The Bertz CT molecular complexity index is 2530. The first-order chi connectivity index (χ1) is 31.3. The number of sulfonamides is 1. The number of alkyl halides is 3. The summed E-state index contributed by atoms with van der Waals surface area (Å²) in [5.74, 6) is -2.34. The van der Waals surface area contributed by atoms with Gasteiger partial charge in [0.2, 0.25) is 33.3 Å². The van der Waals surface area contributed by atoms with Gasteiger partial charge in [-0.25, -0.2) is 18.2 Å². The van der Waals surface area contributed by atoms with E-state index in [0.29, 0.717) is 73.9 Å². The second kappa shape index (κ2) is 18.4. The number of hydrogen-bond donors (Lipinski definition) is 3. The number of halogens is 3. The summed E-state index contributed by atoms with van der Waals surface area (Å²) in [6, 6.07) is 9.37. The number of carbonyl (C=O) groups excluding carboxylic acids is 4. The Morgan fingerprint density at radius 2 is 1.69 bits per heavy atom. The molecule has 7 rings (SSSR count). The van der Waals surface area contributed by atoms with Crippen LogP contribution in [-0.2, 0) is 29.1 Å². The van der Waals surface area contributed by atoms with Gasteiger partial charge in [0.05, 0.1) is 35.4 Å². The standard InChI is InChI=1S/C47H59F3N6O10S/c1-26(2)64-31-15-13-29(14-16-31)38-51-35-22-32(63-8)17-18-34(35)40(53-38)65-33-23-36-39(57)54-46(42(59)55-67(61,62)45(7)19-20-45)24-30(46)12-10-9-11-27(3)21-28(4)37(41(58)56(36)25-33)52-43(60)66-44(5,6)47(48,49)50/h10,12-18,22,26-28,30,33,36-37H,9,11,19-21,23-25H2,1-8H3,(H,52,60)(H,54,57)(H,55,59)/t27-,28-,30-,33-,36+,37+,46-/m1/s1. The Labute approximate surface area is 388 Å².